The number of pyridine rings is 2. The first kappa shape index (κ1) is 13.0. The topological polar surface area (TPSA) is 78.2 Å². The van der Waals surface area contributed by atoms with Gasteiger partial charge in [0.25, 0.3) is 0 Å². The van der Waals surface area contributed by atoms with Gasteiger partial charge in [0.15, 0.2) is 0 Å². The second-order valence-electron chi connectivity index (χ2n) is 4.36. The molecule has 3 aromatic rings. The van der Waals surface area contributed by atoms with Crippen molar-refractivity contribution in [2.24, 2.45) is 0 Å². The minimum atomic E-state index is -0.559. The normalized spacial score (nSPS) is 10.5. The number of hydrogen-bond acceptors (Lipinski definition) is 5. The first-order valence-electron chi connectivity index (χ1n) is 6.30. The van der Waals surface area contributed by atoms with Crippen LogP contribution < -0.4 is 4.74 Å². The zero-order chi connectivity index (χ0) is 14.7. The molecule has 0 bridgehead atoms. The van der Waals surface area contributed by atoms with E-state index in [0.29, 0.717) is 0 Å². The third-order valence-electron chi connectivity index (χ3n) is 3.02. The number of nitrogens with zero attached hydrogens (tertiary/aromatic N) is 3. The number of nitro groups is 1. The van der Waals surface area contributed by atoms with Gasteiger partial charge >= 0.3 is 5.82 Å². The lowest BCUT2D eigenvalue weighted by atomic mass is 10.1. The van der Waals surface area contributed by atoms with Gasteiger partial charge in [0.05, 0.1) is 5.52 Å². The van der Waals surface area contributed by atoms with Crippen LogP contribution in [-0.2, 0) is 6.61 Å². The van der Waals surface area contributed by atoms with Crippen LogP contribution in [-0.4, -0.2) is 14.9 Å². The van der Waals surface area contributed by atoms with Crippen LogP contribution in [0.5, 0.6) is 5.75 Å². The van der Waals surface area contributed by atoms with E-state index in [2.05, 4.69) is 9.97 Å². The average molecular weight is 281 g/mol. The van der Waals surface area contributed by atoms with Gasteiger partial charge in [-0.25, -0.2) is 0 Å². The summed E-state index contributed by atoms with van der Waals surface area (Å²) in [5, 5.41) is 11.9. The molecule has 2 heterocycles. The van der Waals surface area contributed by atoms with Crippen LogP contribution >= 0.6 is 0 Å². The Morgan fingerprint density at radius 3 is 2.67 bits per heavy atom. The van der Waals surface area contributed by atoms with Crippen molar-refractivity contribution in [3.8, 4) is 5.75 Å². The second-order valence-corrected chi connectivity index (χ2v) is 4.36. The molecule has 6 heteroatoms. The molecule has 3 rings (SSSR count). The zero-order valence-electron chi connectivity index (χ0n) is 11.0. The quantitative estimate of drug-likeness (QED) is 0.542. The summed E-state index contributed by atoms with van der Waals surface area (Å²) in [6.07, 6.45) is 3.07. The molecule has 6 nitrogen and oxygen atoms in total. The van der Waals surface area contributed by atoms with E-state index >= 15 is 0 Å². The van der Waals surface area contributed by atoms with Crippen molar-refractivity contribution in [3.63, 3.8) is 0 Å². The summed E-state index contributed by atoms with van der Waals surface area (Å²) >= 11 is 0. The highest BCUT2D eigenvalue weighted by molar-refractivity contribution is 5.81. The van der Waals surface area contributed by atoms with Gasteiger partial charge in [0.1, 0.15) is 12.8 Å². The Morgan fingerprint density at radius 2 is 1.81 bits per heavy atom. The Labute approximate surface area is 120 Å². The minimum absolute atomic E-state index is 0.149. The Morgan fingerprint density at radius 1 is 1.05 bits per heavy atom. The summed E-state index contributed by atoms with van der Waals surface area (Å²) in [4.78, 5) is 18.4. The van der Waals surface area contributed by atoms with Gasteiger partial charge in [-0.05, 0) is 28.1 Å². The molecule has 0 aliphatic heterocycles. The number of hydrogen-bond donors (Lipinski definition) is 0. The summed E-state index contributed by atoms with van der Waals surface area (Å²) in [5.41, 5.74) is 1.69. The standard InChI is InChI=1S/C15H11N3O3/c19-18(20)15-13(7-3-9-17-15)21-10-12-5-1-4-11-6-2-8-16-14(11)12/h1-9H,10H2. The lowest BCUT2D eigenvalue weighted by Gasteiger charge is -2.08. The molecule has 0 saturated heterocycles. The third-order valence-corrected chi connectivity index (χ3v) is 3.02. The Balaban J connectivity index is 1.89. The largest absolute Gasteiger partial charge is 0.481 e. The number of benzene rings is 1. The van der Waals surface area contributed by atoms with Gasteiger partial charge in [-0.1, -0.05) is 24.3 Å². The van der Waals surface area contributed by atoms with Crippen LogP contribution in [0.25, 0.3) is 10.9 Å². The van der Waals surface area contributed by atoms with Gasteiger partial charge in [0, 0.05) is 17.1 Å². The fraction of sp³-hybridized carbons (Fsp3) is 0.0667. The van der Waals surface area contributed by atoms with E-state index in [0.717, 1.165) is 16.5 Å². The molecule has 0 atom stereocenters. The highest BCUT2D eigenvalue weighted by Gasteiger charge is 2.15. The third kappa shape index (κ3) is 2.64. The Kier molecular flexibility index (Phi) is 3.42. The van der Waals surface area contributed by atoms with E-state index in [9.17, 15) is 10.1 Å². The maximum Gasteiger partial charge on any atom is 0.406 e. The number of rotatable bonds is 4. The fourth-order valence-electron chi connectivity index (χ4n) is 2.07. The molecule has 21 heavy (non-hydrogen) atoms. The summed E-state index contributed by atoms with van der Waals surface area (Å²) in [6.45, 7) is 0.195. The monoisotopic (exact) mass is 281 g/mol. The number of fused-ring (bicyclic) bond motifs is 1. The molecule has 104 valence electrons. The van der Waals surface area contributed by atoms with E-state index in [1.165, 1.54) is 12.3 Å². The molecule has 0 saturated carbocycles. The van der Waals surface area contributed by atoms with Crippen LogP contribution in [0.1, 0.15) is 5.56 Å². The Bertz CT molecular complexity index is 800. The maximum atomic E-state index is 10.9. The fourth-order valence-corrected chi connectivity index (χ4v) is 2.07. The molecular formula is C15H11N3O3. The number of para-hydroxylation sites is 1. The average Bonchev–Trinajstić information content (AvgIpc) is 2.53. The first-order chi connectivity index (χ1) is 10.3. The molecule has 0 aliphatic carbocycles. The van der Waals surface area contributed by atoms with E-state index < -0.39 is 4.92 Å². The molecule has 0 radical (unpaired) electrons. The summed E-state index contributed by atoms with van der Waals surface area (Å²) < 4.78 is 5.55. The van der Waals surface area contributed by atoms with E-state index in [4.69, 9.17) is 4.74 Å². The van der Waals surface area contributed by atoms with Crippen molar-refractivity contribution in [1.82, 2.24) is 9.97 Å². The van der Waals surface area contributed by atoms with E-state index in [-0.39, 0.29) is 18.2 Å². The number of ether oxygens (including phenoxy) is 1. The highest BCUT2D eigenvalue weighted by atomic mass is 16.6. The Hall–Kier alpha value is -3.02. The van der Waals surface area contributed by atoms with Crippen LogP contribution in [0.2, 0.25) is 0 Å². The first-order valence-corrected chi connectivity index (χ1v) is 6.30. The van der Waals surface area contributed by atoms with Gasteiger partial charge in [-0.2, -0.15) is 0 Å². The molecule has 0 unspecified atom stereocenters. The summed E-state index contributed by atoms with van der Waals surface area (Å²) in [5.74, 6) is -0.138. The van der Waals surface area contributed by atoms with Crippen LogP contribution in [0.15, 0.2) is 54.9 Å². The summed E-state index contributed by atoms with van der Waals surface area (Å²) in [6, 6.07) is 12.7. The van der Waals surface area contributed by atoms with E-state index in [1.807, 2.05) is 30.3 Å². The van der Waals surface area contributed by atoms with Crippen LogP contribution in [0, 0.1) is 10.1 Å². The van der Waals surface area contributed by atoms with E-state index in [1.54, 1.807) is 12.3 Å². The smallest absolute Gasteiger partial charge is 0.406 e. The van der Waals surface area contributed by atoms with Gasteiger partial charge in [0.2, 0.25) is 5.75 Å². The van der Waals surface area contributed by atoms with Crippen LogP contribution in [0.4, 0.5) is 5.82 Å². The van der Waals surface area contributed by atoms with Crippen molar-refractivity contribution < 1.29 is 9.66 Å². The second kappa shape index (κ2) is 5.54. The predicted octanol–water partition coefficient (Wildman–Crippen LogP) is 3.12. The van der Waals surface area contributed by atoms with Gasteiger partial charge < -0.3 is 14.9 Å². The zero-order valence-corrected chi connectivity index (χ0v) is 11.0. The molecule has 1 aromatic carbocycles. The maximum absolute atomic E-state index is 10.9. The molecule has 0 spiro atoms. The van der Waals surface area contributed by atoms with Crippen molar-refractivity contribution in [2.45, 2.75) is 6.61 Å². The van der Waals surface area contributed by atoms with Crippen molar-refractivity contribution in [2.75, 3.05) is 0 Å². The lowest BCUT2D eigenvalue weighted by Crippen LogP contribution is -2.01. The molecule has 0 N–H and O–H groups in total. The number of aromatic nitrogens is 2. The molecule has 0 amide bonds. The summed E-state index contributed by atoms with van der Waals surface area (Å²) in [7, 11) is 0. The molecule has 2 aromatic heterocycles. The molecular weight excluding hydrogens is 270 g/mol. The SMILES string of the molecule is O=[N+]([O-])c1ncccc1OCc1cccc2cccnc12. The molecule has 0 aliphatic rings. The van der Waals surface area contributed by atoms with Gasteiger partial charge in [-0.3, -0.25) is 4.98 Å². The van der Waals surface area contributed by atoms with Crippen LogP contribution in [0.3, 0.4) is 0 Å². The minimum Gasteiger partial charge on any atom is -0.481 e. The van der Waals surface area contributed by atoms with Crippen molar-refractivity contribution in [1.29, 1.82) is 0 Å². The van der Waals surface area contributed by atoms with Crippen molar-refractivity contribution in [3.05, 3.63) is 70.5 Å². The predicted molar refractivity (Wildman–Crippen MR) is 77.0 cm³/mol. The molecule has 0 fully saturated rings. The lowest BCUT2D eigenvalue weighted by molar-refractivity contribution is -0.390. The van der Waals surface area contributed by atoms with Crippen molar-refractivity contribution >= 4 is 16.7 Å². The highest BCUT2D eigenvalue weighted by Crippen LogP contribution is 2.25. The van der Waals surface area contributed by atoms with Gasteiger partial charge in [-0.15, -0.1) is 0 Å².